The van der Waals surface area contributed by atoms with Crippen LogP contribution in [0.2, 0.25) is 0 Å². The van der Waals surface area contributed by atoms with E-state index in [1.807, 2.05) is 0 Å². The Morgan fingerprint density at radius 2 is 2.14 bits per heavy atom. The quantitative estimate of drug-likeness (QED) is 0.449. The molecule has 0 bridgehead atoms. The molecule has 1 atom stereocenters. The Morgan fingerprint density at radius 3 is 2.57 bits per heavy atom. The molecule has 0 aliphatic carbocycles. The first-order valence-corrected chi connectivity index (χ1v) is 6.32. The maximum Gasteiger partial charge on any atom is 0.0290 e. The van der Waals surface area contributed by atoms with Gasteiger partial charge < -0.3 is 5.73 Å². The predicted octanol–water partition coefficient (Wildman–Crippen LogP) is 3.96. The van der Waals surface area contributed by atoms with Crippen molar-refractivity contribution in [3.05, 3.63) is 36.1 Å². The van der Waals surface area contributed by atoms with E-state index in [-0.39, 0.29) is 0 Å². The largest absolute Gasteiger partial charge is 0.404 e. The van der Waals surface area contributed by atoms with E-state index >= 15 is 0 Å². The summed E-state index contributed by atoms with van der Waals surface area (Å²) in [6.45, 7) is 8.34. The molecule has 0 aromatic heterocycles. The molecule has 0 fully saturated rings. The molecule has 0 aliphatic rings. The molecule has 0 rings (SSSR count). The van der Waals surface area contributed by atoms with Crippen molar-refractivity contribution in [3.8, 4) is 0 Å². The van der Waals surface area contributed by atoms with E-state index in [0.717, 1.165) is 30.4 Å². The fraction of sp³-hybridized carbons (Fsp3) is 0.500. The van der Waals surface area contributed by atoms with Gasteiger partial charge in [-0.15, -0.1) is 0 Å². The van der Waals surface area contributed by atoms with Crippen LogP contribution in [0, 0.1) is 0 Å². The van der Waals surface area contributed by atoms with Gasteiger partial charge in [0.2, 0.25) is 0 Å². The van der Waals surface area contributed by atoms with E-state index in [1.165, 1.54) is 0 Å². The third-order valence-electron chi connectivity index (χ3n) is 2.03. The minimum atomic E-state index is 0.588. The number of alkyl halides is 1. The molecule has 2 heteroatoms. The number of hydrogen-bond acceptors (Lipinski definition) is 1. The summed E-state index contributed by atoms with van der Waals surface area (Å²) in [6, 6.07) is 0. The number of allylic oxidation sites excluding steroid dienone is 4. The first-order valence-electron chi connectivity index (χ1n) is 5.08. The van der Waals surface area contributed by atoms with Gasteiger partial charge in [0, 0.05) is 3.92 Å². The summed E-state index contributed by atoms with van der Waals surface area (Å²) in [4.78, 5) is 0. The Labute approximate surface area is 101 Å². The molecule has 80 valence electrons. The topological polar surface area (TPSA) is 26.0 Å². The number of rotatable bonds is 6. The highest BCUT2D eigenvalue weighted by molar-refractivity contribution is 14.1. The zero-order chi connectivity index (χ0) is 11.0. The van der Waals surface area contributed by atoms with Crippen molar-refractivity contribution in [2.24, 2.45) is 5.73 Å². The molecule has 0 aliphatic heterocycles. The summed E-state index contributed by atoms with van der Waals surface area (Å²) in [5.41, 5.74) is 7.74. The van der Waals surface area contributed by atoms with Crippen LogP contribution < -0.4 is 5.73 Å². The second kappa shape index (κ2) is 8.09. The SMILES string of the molecule is C=C(/C=C\C(I)CC)/C(=C\N)CCC. The Morgan fingerprint density at radius 1 is 1.50 bits per heavy atom. The molecule has 0 saturated carbocycles. The Bertz CT molecular complexity index is 228. The standard InChI is InChI=1S/C12H20IN/c1-4-6-11(9-14)10(3)7-8-12(13)5-2/h7-9,12H,3-6,14H2,1-2H3/b8-7-,11-9-. The predicted molar refractivity (Wildman–Crippen MR) is 73.6 cm³/mol. The van der Waals surface area contributed by atoms with Crippen molar-refractivity contribution in [3.63, 3.8) is 0 Å². The van der Waals surface area contributed by atoms with E-state index in [1.54, 1.807) is 6.20 Å². The van der Waals surface area contributed by atoms with Crippen LogP contribution in [0.1, 0.15) is 33.1 Å². The average molecular weight is 305 g/mol. The number of hydrogen-bond donors (Lipinski definition) is 1. The number of nitrogens with two attached hydrogens (primary N) is 1. The van der Waals surface area contributed by atoms with Gasteiger partial charge in [-0.2, -0.15) is 0 Å². The lowest BCUT2D eigenvalue weighted by Crippen LogP contribution is -1.93. The zero-order valence-corrected chi connectivity index (χ0v) is 11.3. The van der Waals surface area contributed by atoms with Crippen molar-refractivity contribution in [2.45, 2.75) is 37.0 Å². The van der Waals surface area contributed by atoms with E-state index in [2.05, 4.69) is 55.2 Å². The Balaban J connectivity index is 4.25. The van der Waals surface area contributed by atoms with Gasteiger partial charge in [0.1, 0.15) is 0 Å². The summed E-state index contributed by atoms with van der Waals surface area (Å²) in [5.74, 6) is 0. The second-order valence-electron chi connectivity index (χ2n) is 3.25. The monoisotopic (exact) mass is 305 g/mol. The van der Waals surface area contributed by atoms with E-state index in [9.17, 15) is 0 Å². The summed E-state index contributed by atoms with van der Waals surface area (Å²) < 4.78 is 0.588. The molecular weight excluding hydrogens is 285 g/mol. The summed E-state index contributed by atoms with van der Waals surface area (Å²) in [7, 11) is 0. The van der Waals surface area contributed by atoms with Crippen LogP contribution in [0.15, 0.2) is 36.1 Å². The summed E-state index contributed by atoms with van der Waals surface area (Å²) in [5, 5.41) is 0. The molecule has 1 unspecified atom stereocenters. The van der Waals surface area contributed by atoms with Gasteiger partial charge in [-0.05, 0) is 30.2 Å². The fourth-order valence-electron chi connectivity index (χ4n) is 1.08. The van der Waals surface area contributed by atoms with Gasteiger partial charge in [0.25, 0.3) is 0 Å². The van der Waals surface area contributed by atoms with Gasteiger partial charge in [0.15, 0.2) is 0 Å². The maximum absolute atomic E-state index is 5.54. The molecule has 0 aromatic rings. The van der Waals surface area contributed by atoms with Crippen LogP contribution in [-0.4, -0.2) is 3.92 Å². The van der Waals surface area contributed by atoms with Crippen LogP contribution in [-0.2, 0) is 0 Å². The average Bonchev–Trinajstić information content (AvgIpc) is 2.21. The minimum absolute atomic E-state index is 0.588. The lowest BCUT2D eigenvalue weighted by atomic mass is 10.0. The third kappa shape index (κ3) is 5.47. The molecule has 0 heterocycles. The smallest absolute Gasteiger partial charge is 0.0290 e. The third-order valence-corrected chi connectivity index (χ3v) is 3.33. The minimum Gasteiger partial charge on any atom is -0.404 e. The maximum atomic E-state index is 5.54. The molecule has 0 saturated heterocycles. The van der Waals surface area contributed by atoms with Crippen molar-refractivity contribution >= 4 is 22.6 Å². The van der Waals surface area contributed by atoms with E-state index in [0.29, 0.717) is 3.92 Å². The zero-order valence-electron chi connectivity index (χ0n) is 9.09. The van der Waals surface area contributed by atoms with Crippen molar-refractivity contribution < 1.29 is 0 Å². The van der Waals surface area contributed by atoms with Gasteiger partial charge >= 0.3 is 0 Å². The van der Waals surface area contributed by atoms with Gasteiger partial charge in [-0.1, -0.05) is 61.6 Å². The van der Waals surface area contributed by atoms with Crippen LogP contribution in [0.5, 0.6) is 0 Å². The van der Waals surface area contributed by atoms with Crippen LogP contribution in [0.25, 0.3) is 0 Å². The van der Waals surface area contributed by atoms with Crippen LogP contribution in [0.4, 0.5) is 0 Å². The van der Waals surface area contributed by atoms with Gasteiger partial charge in [-0.25, -0.2) is 0 Å². The van der Waals surface area contributed by atoms with Crippen molar-refractivity contribution in [1.29, 1.82) is 0 Å². The second-order valence-corrected chi connectivity index (χ2v) is 4.85. The molecular formula is C12H20IN. The molecule has 2 N–H and O–H groups in total. The summed E-state index contributed by atoms with van der Waals surface area (Å²) in [6.07, 6.45) is 9.20. The number of halogens is 1. The molecule has 0 spiro atoms. The lowest BCUT2D eigenvalue weighted by Gasteiger charge is -2.05. The molecule has 14 heavy (non-hydrogen) atoms. The molecule has 0 radical (unpaired) electrons. The highest BCUT2D eigenvalue weighted by atomic mass is 127. The van der Waals surface area contributed by atoms with Gasteiger partial charge in [0.05, 0.1) is 0 Å². The van der Waals surface area contributed by atoms with Crippen LogP contribution >= 0.6 is 22.6 Å². The highest BCUT2D eigenvalue weighted by Crippen LogP contribution is 2.16. The molecule has 0 amide bonds. The summed E-state index contributed by atoms with van der Waals surface area (Å²) >= 11 is 2.42. The van der Waals surface area contributed by atoms with Crippen molar-refractivity contribution in [2.75, 3.05) is 0 Å². The molecule has 0 aromatic carbocycles. The Hall–Kier alpha value is -0.250. The van der Waals surface area contributed by atoms with E-state index in [4.69, 9.17) is 5.73 Å². The fourth-order valence-corrected chi connectivity index (χ4v) is 1.29. The Kier molecular flexibility index (Phi) is 7.95. The van der Waals surface area contributed by atoms with Crippen LogP contribution in [0.3, 0.4) is 0 Å². The van der Waals surface area contributed by atoms with E-state index < -0.39 is 0 Å². The highest BCUT2D eigenvalue weighted by Gasteiger charge is 1.99. The normalized spacial score (nSPS) is 14.6. The molecule has 1 nitrogen and oxygen atoms in total. The van der Waals surface area contributed by atoms with Gasteiger partial charge in [-0.3, -0.25) is 0 Å². The van der Waals surface area contributed by atoms with Crippen molar-refractivity contribution in [1.82, 2.24) is 0 Å². The first kappa shape index (κ1) is 13.8. The lowest BCUT2D eigenvalue weighted by molar-refractivity contribution is 0.914. The first-order chi connectivity index (χ1) is 6.65.